The summed E-state index contributed by atoms with van der Waals surface area (Å²) in [7, 11) is 7.65. The number of benzene rings is 3. The fraction of sp³-hybridized carbons (Fsp3) is 0.394. The Balaban J connectivity index is 1.84. The van der Waals surface area contributed by atoms with Crippen molar-refractivity contribution < 1.29 is 38.4 Å². The minimum atomic E-state index is -1.40. The highest BCUT2D eigenvalue weighted by atomic mass is 16.5. The average molecular weight is 593 g/mol. The predicted molar refractivity (Wildman–Crippen MR) is 161 cm³/mol. The number of aliphatic hydroxyl groups excluding tert-OH is 1. The van der Waals surface area contributed by atoms with E-state index < -0.39 is 24.1 Å². The van der Waals surface area contributed by atoms with E-state index in [2.05, 4.69) is 15.0 Å². The summed E-state index contributed by atoms with van der Waals surface area (Å²) in [5, 5.41) is 13.2. The number of methoxy groups -OCH3 is 5. The van der Waals surface area contributed by atoms with E-state index >= 15 is 0 Å². The molecule has 1 aliphatic heterocycles. The highest BCUT2D eigenvalue weighted by molar-refractivity contribution is 5.84. The maximum Gasteiger partial charge on any atom is 0.310 e. The van der Waals surface area contributed by atoms with Gasteiger partial charge < -0.3 is 34.1 Å². The number of ether oxygens (including phenoxy) is 5. The lowest BCUT2D eigenvalue weighted by atomic mass is 9.91. The number of aryl methyl sites for hydroxylation is 1. The lowest BCUT2D eigenvalue weighted by Crippen LogP contribution is -2.46. The smallest absolute Gasteiger partial charge is 0.310 e. The van der Waals surface area contributed by atoms with Crippen molar-refractivity contribution in [3.63, 3.8) is 0 Å². The first-order chi connectivity index (χ1) is 20.8. The van der Waals surface area contributed by atoms with Gasteiger partial charge >= 0.3 is 5.97 Å². The molecule has 0 bridgehead atoms. The summed E-state index contributed by atoms with van der Waals surface area (Å²) in [4.78, 5) is 28.0. The first-order valence-electron chi connectivity index (χ1n) is 14.1. The lowest BCUT2D eigenvalue weighted by molar-refractivity contribution is -0.144. The summed E-state index contributed by atoms with van der Waals surface area (Å²) in [5.41, 5.74) is 3.84. The molecule has 0 saturated heterocycles. The van der Waals surface area contributed by atoms with E-state index in [1.807, 2.05) is 60.7 Å². The molecule has 3 aromatic rings. The molecule has 0 aliphatic carbocycles. The van der Waals surface area contributed by atoms with Crippen molar-refractivity contribution in [3.8, 4) is 23.0 Å². The van der Waals surface area contributed by atoms with E-state index in [4.69, 9.17) is 18.9 Å². The SMILES string of the molecule is COC(=O)CC(O)NC(=O)C(c1ccccc1)N1CCCc2cc(OC)c(OC)cc2C1Cc1ccc(OC)c(OC)c1. The van der Waals surface area contributed by atoms with Crippen LogP contribution < -0.4 is 24.3 Å². The van der Waals surface area contributed by atoms with Crippen LogP contribution in [0.2, 0.25) is 0 Å². The predicted octanol–water partition coefficient (Wildman–Crippen LogP) is 3.99. The zero-order chi connectivity index (χ0) is 30.9. The molecule has 10 heteroatoms. The fourth-order valence-electron chi connectivity index (χ4n) is 5.68. The summed E-state index contributed by atoms with van der Waals surface area (Å²) < 4.78 is 27.0. The number of nitrogens with zero attached hydrogens (tertiary/aromatic N) is 1. The molecule has 0 radical (unpaired) electrons. The maximum absolute atomic E-state index is 14.0. The molecule has 3 atom stereocenters. The van der Waals surface area contributed by atoms with E-state index in [1.165, 1.54) is 7.11 Å². The van der Waals surface area contributed by atoms with Gasteiger partial charge in [0.15, 0.2) is 23.0 Å². The number of esters is 1. The Hall–Kier alpha value is -4.28. The average Bonchev–Trinajstić information content (AvgIpc) is 3.19. The molecule has 3 aromatic carbocycles. The summed E-state index contributed by atoms with van der Waals surface area (Å²) in [6, 6.07) is 18.2. The molecule has 10 nitrogen and oxygen atoms in total. The van der Waals surface area contributed by atoms with Gasteiger partial charge in [-0.1, -0.05) is 36.4 Å². The first-order valence-corrected chi connectivity index (χ1v) is 14.1. The van der Waals surface area contributed by atoms with Crippen LogP contribution in [0, 0.1) is 0 Å². The minimum Gasteiger partial charge on any atom is -0.493 e. The number of aliphatic hydroxyl groups is 1. The number of hydrogen-bond donors (Lipinski definition) is 2. The third kappa shape index (κ3) is 7.39. The van der Waals surface area contributed by atoms with Gasteiger partial charge in [0.05, 0.1) is 42.0 Å². The van der Waals surface area contributed by atoms with Gasteiger partial charge in [0, 0.05) is 12.6 Å². The largest absolute Gasteiger partial charge is 0.493 e. The Morgan fingerprint density at radius 2 is 1.53 bits per heavy atom. The number of carbonyl (C=O) groups excluding carboxylic acids is 2. The first kappa shape index (κ1) is 31.7. The third-order valence-corrected chi connectivity index (χ3v) is 7.74. The molecule has 0 fully saturated rings. The maximum atomic E-state index is 14.0. The normalized spacial score (nSPS) is 16.2. The fourth-order valence-corrected chi connectivity index (χ4v) is 5.68. The highest BCUT2D eigenvalue weighted by Gasteiger charge is 2.37. The van der Waals surface area contributed by atoms with Gasteiger partial charge in [0.1, 0.15) is 12.3 Å². The van der Waals surface area contributed by atoms with Crippen LogP contribution >= 0.6 is 0 Å². The third-order valence-electron chi connectivity index (χ3n) is 7.74. The highest BCUT2D eigenvalue weighted by Crippen LogP contribution is 2.43. The molecular weight excluding hydrogens is 552 g/mol. The molecule has 1 amide bonds. The van der Waals surface area contributed by atoms with Crippen molar-refractivity contribution in [2.75, 3.05) is 42.1 Å². The molecule has 1 aliphatic rings. The van der Waals surface area contributed by atoms with E-state index in [0.29, 0.717) is 36.0 Å². The summed E-state index contributed by atoms with van der Waals surface area (Å²) in [6.07, 6.45) is 0.302. The number of hydrogen-bond acceptors (Lipinski definition) is 9. The van der Waals surface area contributed by atoms with Gasteiger partial charge in [-0.3, -0.25) is 14.5 Å². The molecule has 0 spiro atoms. The van der Waals surface area contributed by atoms with Gasteiger partial charge in [-0.2, -0.15) is 0 Å². The van der Waals surface area contributed by atoms with Crippen LogP contribution in [-0.4, -0.2) is 70.2 Å². The number of nitrogens with one attached hydrogen (secondary N) is 1. The van der Waals surface area contributed by atoms with Crippen molar-refractivity contribution in [3.05, 3.63) is 82.9 Å². The Kier molecular flexibility index (Phi) is 10.9. The second kappa shape index (κ2) is 14.8. The quantitative estimate of drug-likeness (QED) is 0.238. The Labute approximate surface area is 252 Å². The molecule has 43 heavy (non-hydrogen) atoms. The molecule has 4 rings (SSSR count). The van der Waals surface area contributed by atoms with E-state index in [0.717, 1.165) is 35.1 Å². The lowest BCUT2D eigenvalue weighted by Gasteiger charge is -2.38. The summed E-state index contributed by atoms with van der Waals surface area (Å²) in [6.45, 7) is 0.581. The minimum absolute atomic E-state index is 0.288. The van der Waals surface area contributed by atoms with E-state index in [9.17, 15) is 14.7 Å². The second-order valence-electron chi connectivity index (χ2n) is 10.3. The van der Waals surface area contributed by atoms with E-state index in [-0.39, 0.29) is 12.5 Å². The summed E-state index contributed by atoms with van der Waals surface area (Å²) in [5.74, 6) is 1.41. The summed E-state index contributed by atoms with van der Waals surface area (Å²) >= 11 is 0. The topological polar surface area (TPSA) is 116 Å². The standard InChI is InChI=1S/C33H40N2O8/c1-39-26-14-13-21(17-27(26)40-2)16-25-24-19-29(42-4)28(41-3)18-23(24)12-9-15-35(25)32(22-10-7-6-8-11-22)33(38)34-30(36)20-31(37)43-5/h6-8,10-11,13-14,17-19,25,30,32,36H,9,12,15-16,20H2,1-5H3,(H,34,38). The molecule has 230 valence electrons. The van der Waals surface area contributed by atoms with E-state index in [1.54, 1.807) is 28.4 Å². The number of amides is 1. The van der Waals surface area contributed by atoms with Crippen LogP contribution in [0.15, 0.2) is 60.7 Å². The van der Waals surface area contributed by atoms with Crippen molar-refractivity contribution in [2.45, 2.75) is 44.0 Å². The van der Waals surface area contributed by atoms with Gasteiger partial charge in [-0.25, -0.2) is 0 Å². The molecule has 0 saturated carbocycles. The zero-order valence-corrected chi connectivity index (χ0v) is 25.3. The van der Waals surface area contributed by atoms with Gasteiger partial charge in [0.2, 0.25) is 5.91 Å². The van der Waals surface area contributed by atoms with Crippen molar-refractivity contribution in [2.24, 2.45) is 0 Å². The van der Waals surface area contributed by atoms with Crippen LogP contribution in [0.25, 0.3) is 0 Å². The molecule has 1 heterocycles. The van der Waals surface area contributed by atoms with Crippen molar-refractivity contribution in [1.29, 1.82) is 0 Å². The van der Waals surface area contributed by atoms with Gasteiger partial charge in [-0.15, -0.1) is 0 Å². The van der Waals surface area contributed by atoms with Crippen LogP contribution in [0.3, 0.4) is 0 Å². The van der Waals surface area contributed by atoms with Crippen molar-refractivity contribution in [1.82, 2.24) is 10.2 Å². The zero-order valence-electron chi connectivity index (χ0n) is 25.3. The Bertz CT molecular complexity index is 1400. The number of fused-ring (bicyclic) bond motifs is 1. The van der Waals surface area contributed by atoms with Crippen LogP contribution in [0.4, 0.5) is 0 Å². The number of carbonyl (C=O) groups is 2. The molecule has 0 aromatic heterocycles. The second-order valence-corrected chi connectivity index (χ2v) is 10.3. The Morgan fingerprint density at radius 3 is 2.19 bits per heavy atom. The van der Waals surface area contributed by atoms with Crippen LogP contribution in [0.5, 0.6) is 23.0 Å². The molecular formula is C33H40N2O8. The van der Waals surface area contributed by atoms with Crippen LogP contribution in [-0.2, 0) is 27.2 Å². The van der Waals surface area contributed by atoms with Crippen LogP contribution in [0.1, 0.15) is 47.2 Å². The van der Waals surface area contributed by atoms with Gasteiger partial charge in [0.25, 0.3) is 0 Å². The molecule has 2 N–H and O–H groups in total. The molecule has 3 unspecified atom stereocenters. The Morgan fingerprint density at radius 1 is 0.884 bits per heavy atom. The van der Waals surface area contributed by atoms with Gasteiger partial charge in [-0.05, 0) is 65.8 Å². The number of rotatable bonds is 12. The monoisotopic (exact) mass is 592 g/mol. The van der Waals surface area contributed by atoms with Crippen molar-refractivity contribution >= 4 is 11.9 Å².